The molecule has 0 bridgehead atoms. The van der Waals surface area contributed by atoms with Gasteiger partial charge < -0.3 is 0 Å². The van der Waals surface area contributed by atoms with Crippen molar-refractivity contribution in [3.8, 4) is 0 Å². The fourth-order valence-corrected chi connectivity index (χ4v) is 4.18. The molecule has 1 aromatic carbocycles. The van der Waals surface area contributed by atoms with E-state index in [0.717, 1.165) is 4.88 Å². The van der Waals surface area contributed by atoms with Gasteiger partial charge in [-0.1, -0.05) is 6.07 Å². The number of hydrogen-bond acceptors (Lipinski definition) is 3. The molecule has 1 aliphatic carbocycles. The van der Waals surface area contributed by atoms with Gasteiger partial charge in [-0.2, -0.15) is 0 Å². The zero-order valence-corrected chi connectivity index (χ0v) is 12.6. The van der Waals surface area contributed by atoms with Crippen LogP contribution in [0.4, 0.5) is 0 Å². The van der Waals surface area contributed by atoms with Gasteiger partial charge in [0.15, 0.2) is 5.78 Å². The smallest absolute Gasteiger partial charge is 0.182 e. The minimum atomic E-state index is 0.239. The quantitative estimate of drug-likeness (QED) is 0.608. The Labute approximate surface area is 122 Å². The van der Waals surface area contributed by atoms with Gasteiger partial charge in [-0.3, -0.25) is 4.79 Å². The van der Waals surface area contributed by atoms with Gasteiger partial charge >= 0.3 is 0 Å². The molecule has 0 saturated heterocycles. The lowest BCUT2D eigenvalue weighted by Crippen LogP contribution is -1.99. The highest BCUT2D eigenvalue weighted by molar-refractivity contribution is 8.00. The third-order valence-corrected chi connectivity index (χ3v) is 5.49. The second-order valence-electron chi connectivity index (χ2n) is 4.91. The topological polar surface area (TPSA) is 17.1 Å². The van der Waals surface area contributed by atoms with E-state index in [1.807, 2.05) is 19.1 Å². The predicted molar refractivity (Wildman–Crippen MR) is 82.6 cm³/mol. The van der Waals surface area contributed by atoms with Crippen LogP contribution in [0.15, 0.2) is 35.2 Å². The average molecular weight is 288 g/mol. The Kier molecular flexibility index (Phi) is 3.76. The van der Waals surface area contributed by atoms with Crippen molar-refractivity contribution in [2.45, 2.75) is 31.1 Å². The number of carbonyl (C=O) groups excluding carboxylic acids is 1. The van der Waals surface area contributed by atoms with Crippen LogP contribution in [-0.2, 0) is 12.8 Å². The van der Waals surface area contributed by atoms with Crippen molar-refractivity contribution in [2.24, 2.45) is 0 Å². The van der Waals surface area contributed by atoms with Crippen molar-refractivity contribution < 1.29 is 4.79 Å². The standard InChI is InChI=1S/C16H16OS2/c1-11-5-8-16(19-11)15(17)10-18-14-7-6-12-3-2-4-13(12)9-14/h5-9H,2-4,10H2,1H3. The molecule has 98 valence electrons. The lowest BCUT2D eigenvalue weighted by atomic mass is 10.1. The number of thioether (sulfide) groups is 1. The molecule has 3 heteroatoms. The van der Waals surface area contributed by atoms with E-state index in [2.05, 4.69) is 18.2 Å². The number of thiophene rings is 1. The van der Waals surface area contributed by atoms with Crippen LogP contribution in [0.3, 0.4) is 0 Å². The summed E-state index contributed by atoms with van der Waals surface area (Å²) in [5, 5.41) is 0. The molecule has 0 atom stereocenters. The third kappa shape index (κ3) is 2.93. The van der Waals surface area contributed by atoms with Gasteiger partial charge in [-0.15, -0.1) is 23.1 Å². The SMILES string of the molecule is Cc1ccc(C(=O)CSc2ccc3c(c2)CCC3)s1. The van der Waals surface area contributed by atoms with Crippen LogP contribution < -0.4 is 0 Å². The number of ketones is 1. The Morgan fingerprint density at radius 1 is 1.21 bits per heavy atom. The van der Waals surface area contributed by atoms with Crippen LogP contribution in [0, 0.1) is 6.92 Å². The molecule has 19 heavy (non-hydrogen) atoms. The van der Waals surface area contributed by atoms with Gasteiger partial charge in [0.1, 0.15) is 0 Å². The van der Waals surface area contributed by atoms with Crippen LogP contribution in [0.25, 0.3) is 0 Å². The van der Waals surface area contributed by atoms with Crippen LogP contribution >= 0.6 is 23.1 Å². The molecule has 0 saturated carbocycles. The number of fused-ring (bicyclic) bond motifs is 1. The van der Waals surface area contributed by atoms with Crippen molar-refractivity contribution in [1.29, 1.82) is 0 Å². The summed E-state index contributed by atoms with van der Waals surface area (Å²) in [5.74, 6) is 0.780. The Morgan fingerprint density at radius 2 is 2.05 bits per heavy atom. The van der Waals surface area contributed by atoms with E-state index in [9.17, 15) is 4.79 Å². The molecule has 1 heterocycles. The first-order valence-electron chi connectivity index (χ1n) is 6.56. The number of Topliss-reactive ketones (excluding diaryl/α,β-unsaturated/α-hetero) is 1. The highest BCUT2D eigenvalue weighted by atomic mass is 32.2. The molecule has 0 amide bonds. The first-order valence-corrected chi connectivity index (χ1v) is 8.37. The molecule has 0 spiro atoms. The lowest BCUT2D eigenvalue weighted by Gasteiger charge is -2.04. The van der Waals surface area contributed by atoms with Gasteiger partial charge in [0, 0.05) is 9.77 Å². The lowest BCUT2D eigenvalue weighted by molar-refractivity contribution is 0.102. The Hall–Kier alpha value is -1.06. The molecule has 1 aromatic heterocycles. The fourth-order valence-electron chi connectivity index (χ4n) is 2.44. The molecular weight excluding hydrogens is 272 g/mol. The summed E-state index contributed by atoms with van der Waals surface area (Å²) in [6.45, 7) is 2.04. The Balaban J connectivity index is 1.64. The normalized spacial score (nSPS) is 13.5. The van der Waals surface area contributed by atoms with E-state index < -0.39 is 0 Å². The first kappa shape index (κ1) is 12.9. The number of aryl methyl sites for hydroxylation is 3. The maximum absolute atomic E-state index is 12.1. The molecule has 0 unspecified atom stereocenters. The minimum absolute atomic E-state index is 0.239. The summed E-state index contributed by atoms with van der Waals surface area (Å²) in [4.78, 5) is 15.4. The Morgan fingerprint density at radius 3 is 2.84 bits per heavy atom. The van der Waals surface area contributed by atoms with Crippen LogP contribution in [0.1, 0.15) is 32.1 Å². The van der Waals surface area contributed by atoms with E-state index in [1.165, 1.54) is 40.2 Å². The van der Waals surface area contributed by atoms with E-state index >= 15 is 0 Å². The highest BCUT2D eigenvalue weighted by Gasteiger charge is 2.12. The monoisotopic (exact) mass is 288 g/mol. The van der Waals surface area contributed by atoms with E-state index in [4.69, 9.17) is 0 Å². The largest absolute Gasteiger partial charge is 0.292 e. The molecule has 0 aliphatic heterocycles. The fraction of sp³-hybridized carbons (Fsp3) is 0.312. The van der Waals surface area contributed by atoms with Crippen molar-refractivity contribution >= 4 is 28.9 Å². The highest BCUT2D eigenvalue weighted by Crippen LogP contribution is 2.28. The zero-order chi connectivity index (χ0) is 13.2. The molecule has 1 nitrogen and oxygen atoms in total. The average Bonchev–Trinajstić information content (AvgIpc) is 3.03. The summed E-state index contributed by atoms with van der Waals surface area (Å²) in [6, 6.07) is 10.6. The van der Waals surface area contributed by atoms with Gasteiger partial charge in [0.05, 0.1) is 10.6 Å². The number of hydrogen-bond donors (Lipinski definition) is 0. The van der Waals surface area contributed by atoms with Crippen LogP contribution in [-0.4, -0.2) is 11.5 Å². The summed E-state index contributed by atoms with van der Waals surface area (Å²) >= 11 is 3.24. The predicted octanol–water partition coefficient (Wildman–Crippen LogP) is 4.52. The summed E-state index contributed by atoms with van der Waals surface area (Å²) in [6.07, 6.45) is 3.69. The summed E-state index contributed by atoms with van der Waals surface area (Å²) in [7, 11) is 0. The van der Waals surface area contributed by atoms with Crippen LogP contribution in [0.5, 0.6) is 0 Å². The molecule has 3 rings (SSSR count). The second-order valence-corrected chi connectivity index (χ2v) is 7.24. The molecule has 0 N–H and O–H groups in total. The maximum Gasteiger partial charge on any atom is 0.182 e. The molecule has 1 aliphatic rings. The van der Waals surface area contributed by atoms with E-state index in [-0.39, 0.29) is 5.78 Å². The second kappa shape index (κ2) is 5.51. The Bertz CT molecular complexity index is 613. The van der Waals surface area contributed by atoms with Crippen molar-refractivity contribution in [1.82, 2.24) is 0 Å². The maximum atomic E-state index is 12.1. The summed E-state index contributed by atoms with van der Waals surface area (Å²) in [5.41, 5.74) is 2.97. The van der Waals surface area contributed by atoms with Crippen molar-refractivity contribution in [3.05, 3.63) is 51.2 Å². The van der Waals surface area contributed by atoms with Crippen LogP contribution in [0.2, 0.25) is 0 Å². The molecule has 0 fully saturated rings. The first-order chi connectivity index (χ1) is 9.22. The van der Waals surface area contributed by atoms with Gasteiger partial charge in [-0.25, -0.2) is 0 Å². The molecular formula is C16H16OS2. The number of rotatable bonds is 4. The van der Waals surface area contributed by atoms with Gasteiger partial charge in [0.25, 0.3) is 0 Å². The number of benzene rings is 1. The number of carbonyl (C=O) groups is 1. The minimum Gasteiger partial charge on any atom is -0.292 e. The molecule has 2 aromatic rings. The van der Waals surface area contributed by atoms with E-state index in [1.54, 1.807) is 23.1 Å². The van der Waals surface area contributed by atoms with Crippen molar-refractivity contribution in [2.75, 3.05) is 5.75 Å². The van der Waals surface area contributed by atoms with E-state index in [0.29, 0.717) is 5.75 Å². The van der Waals surface area contributed by atoms with Crippen molar-refractivity contribution in [3.63, 3.8) is 0 Å². The molecule has 0 radical (unpaired) electrons. The third-order valence-electron chi connectivity index (χ3n) is 3.46. The zero-order valence-electron chi connectivity index (χ0n) is 10.9. The van der Waals surface area contributed by atoms with Gasteiger partial charge in [-0.05, 0) is 61.6 Å². The summed E-state index contributed by atoms with van der Waals surface area (Å²) < 4.78 is 0. The van der Waals surface area contributed by atoms with Gasteiger partial charge in [0.2, 0.25) is 0 Å².